The zero-order chi connectivity index (χ0) is 12.4. The fraction of sp³-hybridized carbons (Fsp3) is 0.786. The molecule has 0 aromatic carbocycles. The Morgan fingerprint density at radius 3 is 2.94 bits per heavy atom. The van der Waals surface area contributed by atoms with Crippen molar-refractivity contribution in [2.24, 2.45) is 0 Å². The third kappa shape index (κ3) is 2.33. The summed E-state index contributed by atoms with van der Waals surface area (Å²) in [5.74, 6) is 0. The van der Waals surface area contributed by atoms with Crippen LogP contribution in [0.4, 0.5) is 0 Å². The number of aromatic nitrogens is 1. The maximum absolute atomic E-state index is 4.39. The van der Waals surface area contributed by atoms with Crippen LogP contribution < -0.4 is 5.32 Å². The monoisotopic (exact) mass is 265 g/mol. The van der Waals surface area contributed by atoms with Gasteiger partial charge in [0.2, 0.25) is 0 Å². The summed E-state index contributed by atoms with van der Waals surface area (Å²) in [6.07, 6.45) is 6.98. The second kappa shape index (κ2) is 5.27. The third-order valence-corrected chi connectivity index (χ3v) is 5.57. The molecule has 2 heterocycles. The van der Waals surface area contributed by atoms with E-state index in [-0.39, 0.29) is 0 Å². The lowest BCUT2D eigenvalue weighted by Gasteiger charge is -2.49. The summed E-state index contributed by atoms with van der Waals surface area (Å²) in [7, 11) is 0. The Balaban J connectivity index is 1.77. The van der Waals surface area contributed by atoms with Crippen LogP contribution >= 0.6 is 11.3 Å². The number of thiazole rings is 1. The highest BCUT2D eigenvalue weighted by atomic mass is 32.1. The van der Waals surface area contributed by atoms with Gasteiger partial charge >= 0.3 is 0 Å². The first-order valence-electron chi connectivity index (χ1n) is 7.15. The van der Waals surface area contributed by atoms with Crippen molar-refractivity contribution in [1.29, 1.82) is 0 Å². The summed E-state index contributed by atoms with van der Waals surface area (Å²) in [5, 5.41) is 3.62. The van der Waals surface area contributed by atoms with Crippen LogP contribution in [0.5, 0.6) is 0 Å². The zero-order valence-corrected chi connectivity index (χ0v) is 12.1. The summed E-state index contributed by atoms with van der Waals surface area (Å²) in [6, 6.07) is 0. The van der Waals surface area contributed by atoms with E-state index in [9.17, 15) is 0 Å². The number of nitrogens with zero attached hydrogens (tertiary/aromatic N) is 2. The molecule has 3 nitrogen and oxygen atoms in total. The van der Waals surface area contributed by atoms with E-state index in [1.165, 1.54) is 55.8 Å². The minimum atomic E-state index is 0.437. The van der Waals surface area contributed by atoms with Crippen LogP contribution in [0.15, 0.2) is 5.51 Å². The predicted octanol–water partition coefficient (Wildman–Crippen LogP) is 2.56. The molecule has 18 heavy (non-hydrogen) atoms. The molecule has 0 atom stereocenters. The lowest BCUT2D eigenvalue weighted by atomic mass is 9.79. The number of hydrogen-bond donors (Lipinski definition) is 1. The van der Waals surface area contributed by atoms with Crippen LogP contribution in [0, 0.1) is 6.92 Å². The first-order chi connectivity index (χ1) is 8.80. The Hall–Kier alpha value is -0.450. The quantitative estimate of drug-likeness (QED) is 0.891. The van der Waals surface area contributed by atoms with Gasteiger partial charge in [0.05, 0.1) is 11.2 Å². The number of nitrogens with one attached hydrogen (secondary N) is 1. The van der Waals surface area contributed by atoms with Crippen molar-refractivity contribution in [1.82, 2.24) is 15.2 Å². The molecule has 100 valence electrons. The first kappa shape index (κ1) is 12.6. The lowest BCUT2D eigenvalue weighted by Crippen LogP contribution is -2.61. The minimum absolute atomic E-state index is 0.437. The minimum Gasteiger partial charge on any atom is -0.314 e. The van der Waals surface area contributed by atoms with E-state index >= 15 is 0 Å². The van der Waals surface area contributed by atoms with Crippen molar-refractivity contribution in [3.63, 3.8) is 0 Å². The molecule has 1 saturated heterocycles. The third-order valence-electron chi connectivity index (χ3n) is 4.65. The summed E-state index contributed by atoms with van der Waals surface area (Å²) < 4.78 is 0. The zero-order valence-electron chi connectivity index (χ0n) is 11.2. The van der Waals surface area contributed by atoms with Crippen LogP contribution in [-0.4, -0.2) is 35.1 Å². The maximum atomic E-state index is 4.39. The highest BCUT2D eigenvalue weighted by Gasteiger charge is 2.39. The lowest BCUT2D eigenvalue weighted by molar-refractivity contribution is 0.0215. The fourth-order valence-corrected chi connectivity index (χ4v) is 4.28. The van der Waals surface area contributed by atoms with Crippen molar-refractivity contribution in [2.45, 2.75) is 51.1 Å². The normalized spacial score (nSPS) is 24.5. The Bertz CT molecular complexity index is 387. The Labute approximate surface area is 114 Å². The van der Waals surface area contributed by atoms with Crippen LogP contribution in [-0.2, 0) is 6.54 Å². The van der Waals surface area contributed by atoms with Gasteiger partial charge in [-0.2, -0.15) is 0 Å². The highest BCUT2D eigenvalue weighted by Crippen LogP contribution is 2.36. The molecule has 0 unspecified atom stereocenters. The van der Waals surface area contributed by atoms with Gasteiger partial charge in [-0.1, -0.05) is 19.3 Å². The second-order valence-corrected chi connectivity index (χ2v) is 6.68. The molecule has 0 amide bonds. The molecular weight excluding hydrogens is 242 g/mol. The molecule has 0 bridgehead atoms. The van der Waals surface area contributed by atoms with E-state index in [4.69, 9.17) is 0 Å². The van der Waals surface area contributed by atoms with E-state index in [0.717, 1.165) is 13.1 Å². The van der Waals surface area contributed by atoms with E-state index in [0.29, 0.717) is 5.54 Å². The molecule has 4 heteroatoms. The largest absolute Gasteiger partial charge is 0.314 e. The van der Waals surface area contributed by atoms with Crippen LogP contribution in [0.1, 0.15) is 42.7 Å². The summed E-state index contributed by atoms with van der Waals surface area (Å²) >= 11 is 1.82. The van der Waals surface area contributed by atoms with E-state index in [1.54, 1.807) is 0 Å². The number of rotatable bonds is 2. The molecule has 0 radical (unpaired) electrons. The van der Waals surface area contributed by atoms with E-state index < -0.39 is 0 Å². The molecule has 3 rings (SSSR count). The maximum Gasteiger partial charge on any atom is 0.0798 e. The predicted molar refractivity (Wildman–Crippen MR) is 75.9 cm³/mol. The molecule has 1 aliphatic carbocycles. The second-order valence-electron chi connectivity index (χ2n) is 5.74. The SMILES string of the molecule is Cc1ncsc1CN1CCNCC12CCCCC2. The number of aryl methyl sites for hydroxylation is 1. The number of hydrogen-bond acceptors (Lipinski definition) is 4. The van der Waals surface area contributed by atoms with Gasteiger partial charge < -0.3 is 5.32 Å². The van der Waals surface area contributed by atoms with Crippen molar-refractivity contribution in [3.05, 3.63) is 16.1 Å². The van der Waals surface area contributed by atoms with Gasteiger partial charge in [-0.05, 0) is 19.8 Å². The first-order valence-corrected chi connectivity index (χ1v) is 8.03. The van der Waals surface area contributed by atoms with E-state index in [1.807, 2.05) is 16.8 Å². The standard InChI is InChI=1S/C14H23N3S/c1-12-13(18-11-16-12)9-17-8-7-15-10-14(17)5-3-2-4-6-14/h11,15H,2-10H2,1H3. The van der Waals surface area contributed by atoms with Crippen LogP contribution in [0.25, 0.3) is 0 Å². The molecule has 1 aliphatic heterocycles. The molecule has 1 aromatic rings. The Kier molecular flexibility index (Phi) is 3.68. The van der Waals surface area contributed by atoms with Crippen LogP contribution in [0.2, 0.25) is 0 Å². The van der Waals surface area contributed by atoms with Gasteiger partial charge in [0.25, 0.3) is 0 Å². The molecule has 2 fully saturated rings. The molecule has 2 aliphatic rings. The van der Waals surface area contributed by atoms with Crippen LogP contribution in [0.3, 0.4) is 0 Å². The molecule has 1 aromatic heterocycles. The molecule has 1 spiro atoms. The van der Waals surface area contributed by atoms with E-state index in [2.05, 4.69) is 22.1 Å². The smallest absolute Gasteiger partial charge is 0.0798 e. The molecule has 1 saturated carbocycles. The van der Waals surface area contributed by atoms with Gasteiger partial charge in [0.1, 0.15) is 0 Å². The van der Waals surface area contributed by atoms with Crippen molar-refractivity contribution in [3.8, 4) is 0 Å². The highest BCUT2D eigenvalue weighted by molar-refractivity contribution is 7.09. The van der Waals surface area contributed by atoms with Gasteiger partial charge in [-0.15, -0.1) is 11.3 Å². The average molecular weight is 265 g/mol. The van der Waals surface area contributed by atoms with Crippen molar-refractivity contribution < 1.29 is 0 Å². The topological polar surface area (TPSA) is 28.2 Å². The Morgan fingerprint density at radius 2 is 2.22 bits per heavy atom. The molecular formula is C14H23N3S. The Morgan fingerprint density at radius 1 is 1.39 bits per heavy atom. The van der Waals surface area contributed by atoms with Gasteiger partial charge in [0, 0.05) is 36.6 Å². The fourth-order valence-electron chi connectivity index (χ4n) is 3.49. The average Bonchev–Trinajstić information content (AvgIpc) is 2.79. The van der Waals surface area contributed by atoms with Gasteiger partial charge in [-0.3, -0.25) is 4.90 Å². The molecule has 1 N–H and O–H groups in total. The summed E-state index contributed by atoms with van der Waals surface area (Å²) in [5.41, 5.74) is 3.65. The summed E-state index contributed by atoms with van der Waals surface area (Å²) in [4.78, 5) is 8.59. The van der Waals surface area contributed by atoms with Gasteiger partial charge in [-0.25, -0.2) is 4.98 Å². The van der Waals surface area contributed by atoms with Gasteiger partial charge in [0.15, 0.2) is 0 Å². The van der Waals surface area contributed by atoms with Crippen molar-refractivity contribution >= 4 is 11.3 Å². The summed E-state index contributed by atoms with van der Waals surface area (Å²) in [6.45, 7) is 6.77. The van der Waals surface area contributed by atoms with Crippen molar-refractivity contribution in [2.75, 3.05) is 19.6 Å². The number of piperazine rings is 1.